The van der Waals surface area contributed by atoms with Gasteiger partial charge in [0.25, 0.3) is 6.47 Å². The van der Waals surface area contributed by atoms with E-state index in [0.717, 1.165) is 31.7 Å². The number of likely N-dealkylation sites (tertiary alicyclic amines) is 1. The molecule has 1 atom stereocenters. The highest BCUT2D eigenvalue weighted by atomic mass is 19.1. The van der Waals surface area contributed by atoms with Gasteiger partial charge in [-0.15, -0.1) is 0 Å². The van der Waals surface area contributed by atoms with E-state index in [1.165, 1.54) is 12.6 Å². The normalized spacial score (nSPS) is 15.7. The van der Waals surface area contributed by atoms with Crippen LogP contribution in [-0.4, -0.2) is 61.7 Å². The number of aromatic nitrogens is 2. The van der Waals surface area contributed by atoms with Crippen LogP contribution < -0.4 is 10.1 Å². The molecule has 8 heteroatoms. The summed E-state index contributed by atoms with van der Waals surface area (Å²) in [6, 6.07) is 13.1. The second-order valence-electron chi connectivity index (χ2n) is 7.96. The Balaban J connectivity index is 0.000000257. The Bertz CT molecular complexity index is 1020. The summed E-state index contributed by atoms with van der Waals surface area (Å²) < 4.78 is 24.0. The molecule has 0 radical (unpaired) electrons. The second-order valence-corrected chi connectivity index (χ2v) is 7.96. The number of carbonyl (C=O) groups excluding carboxylic acids is 1. The van der Waals surface area contributed by atoms with E-state index in [9.17, 15) is 9.18 Å². The van der Waals surface area contributed by atoms with Gasteiger partial charge in [-0.1, -0.05) is 30.3 Å². The molecule has 4 rings (SSSR count). The fourth-order valence-corrected chi connectivity index (χ4v) is 3.97. The third-order valence-corrected chi connectivity index (χ3v) is 5.65. The van der Waals surface area contributed by atoms with E-state index in [0.29, 0.717) is 47.9 Å². The lowest BCUT2D eigenvalue weighted by Crippen LogP contribution is -2.26. The molecule has 2 aromatic heterocycles. The van der Waals surface area contributed by atoms with Gasteiger partial charge in [0, 0.05) is 24.7 Å². The summed E-state index contributed by atoms with van der Waals surface area (Å²) in [5.74, 6) is 0.892. The van der Waals surface area contributed by atoms with Crippen LogP contribution in [0.4, 0.5) is 4.39 Å². The number of nitrogens with zero attached hydrogens (tertiary/aromatic N) is 3. The van der Waals surface area contributed by atoms with Crippen LogP contribution in [0.15, 0.2) is 48.7 Å². The molecular weight excluding hydrogens is 423 g/mol. The van der Waals surface area contributed by atoms with Gasteiger partial charge >= 0.3 is 0 Å². The fourth-order valence-electron chi connectivity index (χ4n) is 3.97. The summed E-state index contributed by atoms with van der Waals surface area (Å²) in [4.78, 5) is 20.7. The summed E-state index contributed by atoms with van der Waals surface area (Å²) in [6.07, 6.45) is 3.13. The third kappa shape index (κ3) is 7.20. The number of pyridine rings is 2. The summed E-state index contributed by atoms with van der Waals surface area (Å²) in [5.41, 5.74) is 2.95. The molecule has 33 heavy (non-hydrogen) atoms. The third-order valence-electron chi connectivity index (χ3n) is 5.65. The minimum Gasteiger partial charge on any atom is -0.481 e. The zero-order chi connectivity index (χ0) is 23.5. The largest absolute Gasteiger partial charge is 0.481 e. The van der Waals surface area contributed by atoms with E-state index in [1.54, 1.807) is 13.2 Å². The molecule has 1 aliphatic rings. The number of rotatable bonds is 9. The average molecular weight is 455 g/mol. The lowest BCUT2D eigenvalue weighted by molar-refractivity contribution is -0.129. The molecule has 1 N–H and O–H groups in total. The monoisotopic (exact) mass is 454 g/mol. The number of ether oxygens (including phenoxy) is 2. The standard InChI is InChI=1S/C17H23FN4O.C8H8O2/c1-19-9-12-5-7-22(11-12)8-6-13-14(18)10-20-15-3-4-16(23-2)21-17(13)15;9-7-10-6-8-4-2-1-3-5-8/h3-4,10,12,19H,5-9,11H2,1-2H3;1-5,7H,6H2. The van der Waals surface area contributed by atoms with E-state index in [1.807, 2.05) is 43.4 Å². The Kier molecular flexibility index (Phi) is 9.53. The molecule has 1 saturated heterocycles. The maximum Gasteiger partial charge on any atom is 0.293 e. The number of carbonyl (C=O) groups is 1. The van der Waals surface area contributed by atoms with Gasteiger partial charge in [-0.2, -0.15) is 0 Å². The molecule has 0 bridgehead atoms. The summed E-state index contributed by atoms with van der Waals surface area (Å²) in [5, 5.41) is 3.23. The summed E-state index contributed by atoms with van der Waals surface area (Å²) >= 11 is 0. The van der Waals surface area contributed by atoms with E-state index < -0.39 is 0 Å². The molecule has 0 spiro atoms. The Labute approximate surface area is 193 Å². The van der Waals surface area contributed by atoms with Crippen LogP contribution in [0.25, 0.3) is 11.0 Å². The number of nitrogens with one attached hydrogen (secondary N) is 1. The van der Waals surface area contributed by atoms with Gasteiger partial charge < -0.3 is 19.7 Å². The van der Waals surface area contributed by atoms with Gasteiger partial charge in [0.05, 0.1) is 24.3 Å². The number of hydrogen-bond donors (Lipinski definition) is 1. The average Bonchev–Trinajstić information content (AvgIpc) is 3.30. The van der Waals surface area contributed by atoms with E-state index in [2.05, 4.69) is 24.9 Å². The van der Waals surface area contributed by atoms with Crippen molar-refractivity contribution in [3.63, 3.8) is 0 Å². The van der Waals surface area contributed by atoms with Crippen LogP contribution >= 0.6 is 0 Å². The zero-order valence-corrected chi connectivity index (χ0v) is 19.2. The predicted molar refractivity (Wildman–Crippen MR) is 126 cm³/mol. The van der Waals surface area contributed by atoms with Crippen molar-refractivity contribution in [2.75, 3.05) is 40.3 Å². The predicted octanol–water partition coefficient (Wildman–Crippen LogP) is 3.22. The van der Waals surface area contributed by atoms with Crippen LogP contribution in [0.1, 0.15) is 17.5 Å². The molecule has 176 valence electrons. The Hall–Kier alpha value is -3.10. The first kappa shape index (κ1) is 24.5. The Morgan fingerprint density at radius 1 is 1.24 bits per heavy atom. The van der Waals surface area contributed by atoms with Crippen LogP contribution in [0.2, 0.25) is 0 Å². The molecule has 3 aromatic rings. The summed E-state index contributed by atoms with van der Waals surface area (Å²) in [6.45, 7) is 4.85. The maximum absolute atomic E-state index is 14.3. The van der Waals surface area contributed by atoms with Crippen molar-refractivity contribution in [3.8, 4) is 5.88 Å². The molecule has 7 nitrogen and oxygen atoms in total. The molecule has 1 aromatic carbocycles. The van der Waals surface area contributed by atoms with Crippen molar-refractivity contribution >= 4 is 17.5 Å². The topological polar surface area (TPSA) is 76.6 Å². The van der Waals surface area contributed by atoms with Gasteiger partial charge in [-0.05, 0) is 50.5 Å². The highest BCUT2D eigenvalue weighted by Gasteiger charge is 2.22. The summed E-state index contributed by atoms with van der Waals surface area (Å²) in [7, 11) is 3.55. The van der Waals surface area contributed by atoms with E-state index >= 15 is 0 Å². The molecule has 1 unspecified atom stereocenters. The zero-order valence-electron chi connectivity index (χ0n) is 19.2. The first-order valence-electron chi connectivity index (χ1n) is 11.1. The molecule has 0 amide bonds. The van der Waals surface area contributed by atoms with Crippen LogP contribution in [0, 0.1) is 11.7 Å². The van der Waals surface area contributed by atoms with Gasteiger partial charge in [0.15, 0.2) is 0 Å². The minimum atomic E-state index is -0.288. The van der Waals surface area contributed by atoms with Gasteiger partial charge in [0.1, 0.15) is 12.4 Å². The van der Waals surface area contributed by atoms with Crippen LogP contribution in [0.5, 0.6) is 5.88 Å². The van der Waals surface area contributed by atoms with Crippen molar-refractivity contribution in [1.82, 2.24) is 20.2 Å². The Morgan fingerprint density at radius 3 is 2.79 bits per heavy atom. The fraction of sp³-hybridized carbons (Fsp3) is 0.400. The minimum absolute atomic E-state index is 0.288. The molecular formula is C25H31FN4O3. The SMILES string of the molecule is CNCC1CCN(CCc2c(F)cnc3ccc(OC)nc23)C1.O=COCc1ccccc1. The number of hydrogen-bond acceptors (Lipinski definition) is 7. The Morgan fingerprint density at radius 2 is 2.06 bits per heavy atom. The molecule has 3 heterocycles. The first-order chi connectivity index (χ1) is 16.1. The van der Waals surface area contributed by atoms with E-state index in [-0.39, 0.29) is 5.82 Å². The number of benzene rings is 1. The van der Waals surface area contributed by atoms with Gasteiger partial charge in [-0.25, -0.2) is 9.37 Å². The highest BCUT2D eigenvalue weighted by Crippen LogP contribution is 2.23. The molecule has 0 saturated carbocycles. The number of halogens is 1. The highest BCUT2D eigenvalue weighted by molar-refractivity contribution is 5.78. The van der Waals surface area contributed by atoms with Crippen molar-refractivity contribution in [2.45, 2.75) is 19.4 Å². The smallest absolute Gasteiger partial charge is 0.293 e. The maximum atomic E-state index is 14.3. The van der Waals surface area contributed by atoms with Crippen molar-refractivity contribution in [2.24, 2.45) is 5.92 Å². The van der Waals surface area contributed by atoms with Gasteiger partial charge in [0.2, 0.25) is 5.88 Å². The second kappa shape index (κ2) is 12.8. The van der Waals surface area contributed by atoms with Crippen molar-refractivity contribution < 1.29 is 18.7 Å². The first-order valence-corrected chi connectivity index (χ1v) is 11.1. The van der Waals surface area contributed by atoms with Crippen LogP contribution in [-0.2, 0) is 22.6 Å². The number of fused-ring (bicyclic) bond motifs is 1. The molecule has 0 aliphatic carbocycles. The van der Waals surface area contributed by atoms with Crippen molar-refractivity contribution in [3.05, 3.63) is 65.6 Å². The van der Waals surface area contributed by atoms with Gasteiger partial charge in [-0.3, -0.25) is 9.78 Å². The lowest BCUT2D eigenvalue weighted by Gasteiger charge is -2.16. The molecule has 1 fully saturated rings. The van der Waals surface area contributed by atoms with Crippen molar-refractivity contribution in [1.29, 1.82) is 0 Å². The quantitative estimate of drug-likeness (QED) is 0.498. The molecule has 1 aliphatic heterocycles. The van der Waals surface area contributed by atoms with E-state index in [4.69, 9.17) is 4.74 Å². The number of methoxy groups -OCH3 is 1. The lowest BCUT2D eigenvalue weighted by atomic mass is 10.1. The van der Waals surface area contributed by atoms with Crippen LogP contribution in [0.3, 0.4) is 0 Å².